The molecule has 0 spiro atoms. The lowest BCUT2D eigenvalue weighted by Gasteiger charge is -2.13. The van der Waals surface area contributed by atoms with Crippen molar-refractivity contribution in [2.24, 2.45) is 0 Å². The number of hydrogen-bond donors (Lipinski definition) is 0. The highest BCUT2D eigenvalue weighted by Crippen LogP contribution is 2.36. The van der Waals surface area contributed by atoms with Gasteiger partial charge in [0, 0.05) is 11.8 Å². The molecule has 0 bridgehead atoms. The van der Waals surface area contributed by atoms with Gasteiger partial charge in [0.2, 0.25) is 0 Å². The molecule has 1 saturated carbocycles. The van der Waals surface area contributed by atoms with Crippen molar-refractivity contribution in [1.29, 1.82) is 0 Å². The lowest BCUT2D eigenvalue weighted by atomic mass is 10.1. The molecule has 1 aliphatic rings. The van der Waals surface area contributed by atoms with Crippen LogP contribution in [0.25, 0.3) is 10.9 Å². The first-order valence-corrected chi connectivity index (χ1v) is 9.95. The smallest absolute Gasteiger partial charge is 0.262 e. The van der Waals surface area contributed by atoms with E-state index in [1.807, 2.05) is 41.0 Å². The summed E-state index contributed by atoms with van der Waals surface area (Å²) in [5.41, 5.74) is 3.25. The van der Waals surface area contributed by atoms with Crippen LogP contribution in [0.3, 0.4) is 0 Å². The van der Waals surface area contributed by atoms with Gasteiger partial charge in [0.1, 0.15) is 5.75 Å². The van der Waals surface area contributed by atoms with E-state index in [-0.39, 0.29) is 5.56 Å². The molecule has 1 aliphatic carbocycles. The van der Waals surface area contributed by atoms with E-state index in [0.717, 1.165) is 35.0 Å². The zero-order valence-corrected chi connectivity index (χ0v) is 15.9. The average molecular weight is 366 g/mol. The van der Waals surface area contributed by atoms with E-state index >= 15 is 0 Å². The van der Waals surface area contributed by atoms with Gasteiger partial charge in [0.25, 0.3) is 5.56 Å². The molecule has 1 aromatic heterocycles. The zero-order valence-electron chi connectivity index (χ0n) is 15.1. The number of fused-ring (bicyclic) bond motifs is 1. The molecule has 0 unspecified atom stereocenters. The van der Waals surface area contributed by atoms with Crippen molar-refractivity contribution < 1.29 is 4.74 Å². The van der Waals surface area contributed by atoms with Crippen LogP contribution in [-0.4, -0.2) is 21.9 Å². The van der Waals surface area contributed by atoms with E-state index in [1.54, 1.807) is 11.8 Å². The van der Waals surface area contributed by atoms with Crippen LogP contribution in [0, 0.1) is 13.8 Å². The summed E-state index contributed by atoms with van der Waals surface area (Å²) in [6.45, 7) is 4.73. The summed E-state index contributed by atoms with van der Waals surface area (Å²) in [7, 11) is 0. The molecule has 2 aromatic carbocycles. The minimum atomic E-state index is 0.0795. The summed E-state index contributed by atoms with van der Waals surface area (Å²) >= 11 is 1.60. The molecular formula is C21H22N2O2S. The second-order valence-corrected chi connectivity index (χ2v) is 7.90. The fourth-order valence-electron chi connectivity index (χ4n) is 3.19. The predicted octanol–water partition coefficient (Wildman–Crippen LogP) is 4.52. The molecular weight excluding hydrogens is 344 g/mol. The van der Waals surface area contributed by atoms with Gasteiger partial charge in [-0.1, -0.05) is 30.0 Å². The van der Waals surface area contributed by atoms with Gasteiger partial charge >= 0.3 is 0 Å². The Kier molecular flexibility index (Phi) is 4.72. The molecule has 4 nitrogen and oxygen atoms in total. The molecule has 3 aromatic rings. The highest BCUT2D eigenvalue weighted by molar-refractivity contribution is 7.99. The second kappa shape index (κ2) is 7.16. The maximum Gasteiger partial charge on any atom is 0.262 e. The van der Waals surface area contributed by atoms with E-state index in [2.05, 4.69) is 19.9 Å². The van der Waals surface area contributed by atoms with Crippen molar-refractivity contribution in [1.82, 2.24) is 9.55 Å². The number of thioether (sulfide) groups is 1. The van der Waals surface area contributed by atoms with Crippen LogP contribution in [0.5, 0.6) is 5.75 Å². The standard InChI is InChI=1S/C21H22N2O2S/c1-14-11-15(2)13-17(12-14)25-9-10-26-21-22-19-6-4-3-5-18(19)20(24)23(21)16-7-8-16/h3-6,11-13,16H,7-10H2,1-2H3. The zero-order chi connectivity index (χ0) is 18.1. The first-order chi connectivity index (χ1) is 12.6. The minimum Gasteiger partial charge on any atom is -0.493 e. The average Bonchev–Trinajstić information content (AvgIpc) is 3.43. The molecule has 0 amide bonds. The largest absolute Gasteiger partial charge is 0.493 e. The summed E-state index contributed by atoms with van der Waals surface area (Å²) < 4.78 is 7.77. The Morgan fingerprint density at radius 1 is 1.15 bits per heavy atom. The number of hydrogen-bond acceptors (Lipinski definition) is 4. The quantitative estimate of drug-likeness (QED) is 0.365. The molecule has 134 valence electrons. The van der Waals surface area contributed by atoms with Crippen molar-refractivity contribution in [2.45, 2.75) is 37.9 Å². The SMILES string of the molecule is Cc1cc(C)cc(OCCSc2nc3ccccc3c(=O)n2C2CC2)c1. The van der Waals surface area contributed by atoms with Crippen LogP contribution in [0.4, 0.5) is 0 Å². The topological polar surface area (TPSA) is 44.1 Å². The van der Waals surface area contributed by atoms with Gasteiger partial charge in [-0.25, -0.2) is 4.98 Å². The molecule has 0 N–H and O–H groups in total. The third kappa shape index (κ3) is 3.63. The molecule has 26 heavy (non-hydrogen) atoms. The van der Waals surface area contributed by atoms with Crippen molar-refractivity contribution >= 4 is 22.7 Å². The van der Waals surface area contributed by atoms with Gasteiger partial charge < -0.3 is 4.74 Å². The number of aryl methyl sites for hydroxylation is 2. The van der Waals surface area contributed by atoms with Gasteiger partial charge in [-0.05, 0) is 62.1 Å². The maximum atomic E-state index is 12.8. The lowest BCUT2D eigenvalue weighted by molar-refractivity contribution is 0.343. The molecule has 5 heteroatoms. The van der Waals surface area contributed by atoms with Crippen molar-refractivity contribution in [3.05, 3.63) is 63.9 Å². The molecule has 1 heterocycles. The second-order valence-electron chi connectivity index (χ2n) is 6.84. The third-order valence-corrected chi connectivity index (χ3v) is 5.38. The maximum absolute atomic E-state index is 12.8. The Balaban J connectivity index is 1.50. The Morgan fingerprint density at radius 2 is 1.88 bits per heavy atom. The minimum absolute atomic E-state index is 0.0795. The van der Waals surface area contributed by atoms with Crippen LogP contribution in [-0.2, 0) is 0 Å². The number of benzene rings is 2. The number of rotatable bonds is 6. The number of para-hydroxylation sites is 1. The first kappa shape index (κ1) is 17.2. The summed E-state index contributed by atoms with van der Waals surface area (Å²) in [4.78, 5) is 17.6. The fourth-order valence-corrected chi connectivity index (χ4v) is 4.07. The van der Waals surface area contributed by atoms with Crippen LogP contribution in [0.2, 0.25) is 0 Å². The van der Waals surface area contributed by atoms with Crippen LogP contribution >= 0.6 is 11.8 Å². The van der Waals surface area contributed by atoms with Crippen LogP contribution in [0.15, 0.2) is 52.4 Å². The van der Waals surface area contributed by atoms with Gasteiger partial charge in [-0.15, -0.1) is 0 Å². The number of ether oxygens (including phenoxy) is 1. The van der Waals surface area contributed by atoms with Crippen molar-refractivity contribution in [3.8, 4) is 5.75 Å². The van der Waals surface area contributed by atoms with Crippen molar-refractivity contribution in [2.75, 3.05) is 12.4 Å². The Bertz CT molecular complexity index is 988. The number of nitrogens with zero attached hydrogens (tertiary/aromatic N) is 2. The summed E-state index contributed by atoms with van der Waals surface area (Å²) in [5, 5.41) is 1.51. The molecule has 0 atom stereocenters. The summed E-state index contributed by atoms with van der Waals surface area (Å²) in [5.74, 6) is 1.65. The summed E-state index contributed by atoms with van der Waals surface area (Å²) in [6.07, 6.45) is 2.12. The molecule has 4 rings (SSSR count). The molecule has 0 aliphatic heterocycles. The highest BCUT2D eigenvalue weighted by Gasteiger charge is 2.28. The van der Waals surface area contributed by atoms with E-state index in [9.17, 15) is 4.79 Å². The van der Waals surface area contributed by atoms with Gasteiger partial charge in [-0.3, -0.25) is 9.36 Å². The van der Waals surface area contributed by atoms with E-state index in [1.165, 1.54) is 11.1 Å². The predicted molar refractivity (Wildman–Crippen MR) is 106 cm³/mol. The van der Waals surface area contributed by atoms with Crippen molar-refractivity contribution in [3.63, 3.8) is 0 Å². The Morgan fingerprint density at radius 3 is 2.62 bits per heavy atom. The molecule has 1 fully saturated rings. The van der Waals surface area contributed by atoms with Crippen LogP contribution in [0.1, 0.15) is 30.0 Å². The monoisotopic (exact) mass is 366 g/mol. The molecule has 0 saturated heterocycles. The normalized spacial score (nSPS) is 13.9. The van der Waals surface area contributed by atoms with Gasteiger partial charge in [0.05, 0.1) is 17.5 Å². The highest BCUT2D eigenvalue weighted by atomic mass is 32.2. The fraction of sp³-hybridized carbons (Fsp3) is 0.333. The lowest BCUT2D eigenvalue weighted by Crippen LogP contribution is -2.22. The number of aromatic nitrogens is 2. The Hall–Kier alpha value is -2.27. The van der Waals surface area contributed by atoms with E-state index in [4.69, 9.17) is 9.72 Å². The van der Waals surface area contributed by atoms with E-state index in [0.29, 0.717) is 18.0 Å². The van der Waals surface area contributed by atoms with E-state index < -0.39 is 0 Å². The Labute approximate surface area is 157 Å². The van der Waals surface area contributed by atoms with Gasteiger partial charge in [0.15, 0.2) is 5.16 Å². The molecule has 0 radical (unpaired) electrons. The van der Waals surface area contributed by atoms with Crippen LogP contribution < -0.4 is 10.3 Å². The van der Waals surface area contributed by atoms with Gasteiger partial charge in [-0.2, -0.15) is 0 Å². The summed E-state index contributed by atoms with van der Waals surface area (Å²) in [6, 6.07) is 14.1. The third-order valence-electron chi connectivity index (χ3n) is 4.47. The first-order valence-electron chi connectivity index (χ1n) is 8.97.